The molecular weight excluding hydrogens is 334 g/mol. The van der Waals surface area contributed by atoms with E-state index in [9.17, 15) is 4.79 Å². The minimum absolute atomic E-state index is 0.0934. The smallest absolute Gasteiger partial charge is 0.269 e. The minimum Gasteiger partial charge on any atom is -0.351 e. The van der Waals surface area contributed by atoms with E-state index >= 15 is 0 Å². The number of halogens is 1. The lowest BCUT2D eigenvalue weighted by Crippen LogP contribution is -2.40. The van der Waals surface area contributed by atoms with Crippen molar-refractivity contribution in [2.45, 2.75) is 26.7 Å². The van der Waals surface area contributed by atoms with Crippen molar-refractivity contribution >= 4 is 28.4 Å². The van der Waals surface area contributed by atoms with Crippen LogP contribution in [0.2, 0.25) is 5.02 Å². The molecule has 0 aliphatic carbocycles. The number of fused-ring (bicyclic) bond motifs is 1. The molecule has 5 heteroatoms. The molecule has 0 radical (unpaired) electrons. The number of carbonyl (C=O) groups excluding carboxylic acids is 1. The first-order valence-corrected chi connectivity index (χ1v) is 9.58. The second-order valence-electron chi connectivity index (χ2n) is 7.55. The SMILES string of the molecule is CC1CC(C)CN(CCCNC(=O)c2c(Cl)c3ccccc3n2C)C1. The Labute approximate surface area is 155 Å². The van der Waals surface area contributed by atoms with Gasteiger partial charge in [0.15, 0.2) is 0 Å². The van der Waals surface area contributed by atoms with E-state index in [1.165, 1.54) is 19.5 Å². The Morgan fingerprint density at radius 1 is 1.24 bits per heavy atom. The normalized spacial score (nSPS) is 21.6. The molecule has 25 heavy (non-hydrogen) atoms. The summed E-state index contributed by atoms with van der Waals surface area (Å²) in [6.07, 6.45) is 2.29. The van der Waals surface area contributed by atoms with Gasteiger partial charge in [-0.1, -0.05) is 43.6 Å². The number of rotatable bonds is 5. The van der Waals surface area contributed by atoms with Crippen molar-refractivity contribution < 1.29 is 4.79 Å². The quantitative estimate of drug-likeness (QED) is 0.819. The molecule has 1 saturated heterocycles. The van der Waals surface area contributed by atoms with E-state index in [0.29, 0.717) is 17.3 Å². The third-order valence-electron chi connectivity index (χ3n) is 5.14. The van der Waals surface area contributed by atoms with Gasteiger partial charge in [0.25, 0.3) is 5.91 Å². The van der Waals surface area contributed by atoms with E-state index < -0.39 is 0 Å². The van der Waals surface area contributed by atoms with Gasteiger partial charge in [0, 0.05) is 37.6 Å². The van der Waals surface area contributed by atoms with Crippen molar-refractivity contribution in [2.24, 2.45) is 18.9 Å². The summed E-state index contributed by atoms with van der Waals surface area (Å²) in [5.41, 5.74) is 1.53. The molecule has 1 aliphatic heterocycles. The van der Waals surface area contributed by atoms with Gasteiger partial charge in [-0.2, -0.15) is 0 Å². The first kappa shape index (κ1) is 18.3. The lowest BCUT2D eigenvalue weighted by molar-refractivity contribution is 0.0940. The highest BCUT2D eigenvalue weighted by molar-refractivity contribution is 6.38. The Balaban J connectivity index is 1.55. The average Bonchev–Trinajstić information content (AvgIpc) is 2.82. The molecule has 2 aromatic rings. The first-order valence-electron chi connectivity index (χ1n) is 9.20. The summed E-state index contributed by atoms with van der Waals surface area (Å²) in [6.45, 7) is 8.72. The van der Waals surface area contributed by atoms with Crippen LogP contribution in [0.3, 0.4) is 0 Å². The van der Waals surface area contributed by atoms with Crippen LogP contribution in [0, 0.1) is 11.8 Å². The minimum atomic E-state index is -0.0934. The highest BCUT2D eigenvalue weighted by Crippen LogP contribution is 2.29. The number of aromatic nitrogens is 1. The fourth-order valence-corrected chi connectivity index (χ4v) is 4.53. The number of benzene rings is 1. The number of hydrogen-bond acceptors (Lipinski definition) is 2. The Morgan fingerprint density at radius 2 is 1.92 bits per heavy atom. The van der Waals surface area contributed by atoms with E-state index in [4.69, 9.17) is 11.6 Å². The maximum absolute atomic E-state index is 12.6. The fraction of sp³-hybridized carbons (Fsp3) is 0.550. The summed E-state index contributed by atoms with van der Waals surface area (Å²) in [6, 6.07) is 7.83. The molecule has 0 saturated carbocycles. The molecule has 2 atom stereocenters. The molecule has 4 nitrogen and oxygen atoms in total. The average molecular weight is 362 g/mol. The first-order chi connectivity index (χ1) is 12.0. The van der Waals surface area contributed by atoms with Crippen LogP contribution in [-0.2, 0) is 7.05 Å². The number of carbonyl (C=O) groups is 1. The number of piperidine rings is 1. The lowest BCUT2D eigenvalue weighted by atomic mass is 9.92. The second kappa shape index (κ2) is 7.79. The summed E-state index contributed by atoms with van der Waals surface area (Å²) in [7, 11) is 1.89. The Morgan fingerprint density at radius 3 is 2.60 bits per heavy atom. The van der Waals surface area contributed by atoms with Crippen LogP contribution in [0.25, 0.3) is 10.9 Å². The van der Waals surface area contributed by atoms with E-state index in [0.717, 1.165) is 35.7 Å². The molecule has 1 fully saturated rings. The number of aryl methyl sites for hydroxylation is 1. The summed E-state index contributed by atoms with van der Waals surface area (Å²) < 4.78 is 1.88. The third-order valence-corrected chi connectivity index (χ3v) is 5.52. The number of likely N-dealkylation sites (tertiary alicyclic amines) is 1. The van der Waals surface area contributed by atoms with Gasteiger partial charge in [0.2, 0.25) is 0 Å². The van der Waals surface area contributed by atoms with Gasteiger partial charge in [-0.15, -0.1) is 0 Å². The third kappa shape index (κ3) is 4.01. The molecule has 1 aliphatic rings. The highest BCUT2D eigenvalue weighted by atomic mass is 35.5. The number of amides is 1. The van der Waals surface area contributed by atoms with E-state index in [1.807, 2.05) is 35.9 Å². The maximum Gasteiger partial charge on any atom is 0.269 e. The van der Waals surface area contributed by atoms with Gasteiger partial charge in [0.05, 0.1) is 5.02 Å². The molecule has 0 bridgehead atoms. The zero-order valence-corrected chi connectivity index (χ0v) is 16.1. The largest absolute Gasteiger partial charge is 0.351 e. The van der Waals surface area contributed by atoms with E-state index in [-0.39, 0.29) is 5.91 Å². The predicted molar refractivity (Wildman–Crippen MR) is 104 cm³/mol. The van der Waals surface area contributed by atoms with Crippen molar-refractivity contribution in [2.75, 3.05) is 26.2 Å². The van der Waals surface area contributed by atoms with Crippen LogP contribution in [0.4, 0.5) is 0 Å². The topological polar surface area (TPSA) is 37.3 Å². The molecule has 0 spiro atoms. The lowest BCUT2D eigenvalue weighted by Gasteiger charge is -2.34. The maximum atomic E-state index is 12.6. The van der Waals surface area contributed by atoms with Gasteiger partial charge in [0.1, 0.15) is 5.69 Å². The summed E-state index contributed by atoms with van der Waals surface area (Å²) in [4.78, 5) is 15.1. The Hall–Kier alpha value is -1.52. The zero-order valence-electron chi connectivity index (χ0n) is 15.4. The Bertz CT molecular complexity index is 706. The zero-order chi connectivity index (χ0) is 18.0. The summed E-state index contributed by atoms with van der Waals surface area (Å²) in [5, 5.41) is 4.49. The van der Waals surface area contributed by atoms with E-state index in [1.54, 1.807) is 0 Å². The van der Waals surface area contributed by atoms with Gasteiger partial charge in [-0.25, -0.2) is 0 Å². The molecule has 1 amide bonds. The molecule has 1 N–H and O–H groups in total. The molecular formula is C20H28ClN3O. The van der Waals surface area contributed by atoms with Crippen molar-refractivity contribution in [3.63, 3.8) is 0 Å². The van der Waals surface area contributed by atoms with Crippen LogP contribution in [0.15, 0.2) is 24.3 Å². The molecule has 136 valence electrons. The molecule has 3 rings (SSSR count). The van der Waals surface area contributed by atoms with Gasteiger partial charge < -0.3 is 14.8 Å². The molecule has 2 unspecified atom stereocenters. The van der Waals surface area contributed by atoms with Crippen molar-refractivity contribution in [1.29, 1.82) is 0 Å². The van der Waals surface area contributed by atoms with Crippen LogP contribution >= 0.6 is 11.6 Å². The standard InChI is InChI=1S/C20H28ClN3O/c1-14-11-15(2)13-24(12-14)10-6-9-22-20(25)19-18(21)16-7-4-5-8-17(16)23(19)3/h4-5,7-8,14-15H,6,9-13H2,1-3H3,(H,22,25). The fourth-order valence-electron chi connectivity index (χ4n) is 4.16. The molecule has 1 aromatic heterocycles. The molecule has 2 heterocycles. The number of hydrogen-bond donors (Lipinski definition) is 1. The summed E-state index contributed by atoms with van der Waals surface area (Å²) >= 11 is 6.43. The summed E-state index contributed by atoms with van der Waals surface area (Å²) in [5.74, 6) is 1.45. The molecule has 1 aromatic carbocycles. The second-order valence-corrected chi connectivity index (χ2v) is 7.93. The van der Waals surface area contributed by atoms with Crippen LogP contribution in [-0.4, -0.2) is 41.6 Å². The van der Waals surface area contributed by atoms with Gasteiger partial charge in [-0.05, 0) is 37.3 Å². The van der Waals surface area contributed by atoms with Crippen molar-refractivity contribution in [1.82, 2.24) is 14.8 Å². The number of nitrogens with one attached hydrogen (secondary N) is 1. The van der Waals surface area contributed by atoms with Gasteiger partial charge >= 0.3 is 0 Å². The monoisotopic (exact) mass is 361 g/mol. The number of para-hydroxylation sites is 1. The predicted octanol–water partition coefficient (Wildman–Crippen LogP) is 3.93. The van der Waals surface area contributed by atoms with Crippen LogP contribution in [0.5, 0.6) is 0 Å². The van der Waals surface area contributed by atoms with E-state index in [2.05, 4.69) is 24.1 Å². The van der Waals surface area contributed by atoms with Crippen molar-refractivity contribution in [3.8, 4) is 0 Å². The van der Waals surface area contributed by atoms with Gasteiger partial charge in [-0.3, -0.25) is 4.79 Å². The number of nitrogens with zero attached hydrogens (tertiary/aromatic N) is 2. The van der Waals surface area contributed by atoms with Crippen LogP contribution < -0.4 is 5.32 Å². The van der Waals surface area contributed by atoms with Crippen LogP contribution in [0.1, 0.15) is 37.2 Å². The Kier molecular flexibility index (Phi) is 5.70. The highest BCUT2D eigenvalue weighted by Gasteiger charge is 2.22. The van der Waals surface area contributed by atoms with Crippen molar-refractivity contribution in [3.05, 3.63) is 35.0 Å².